The van der Waals surface area contributed by atoms with Crippen LogP contribution in [0.1, 0.15) is 46.2 Å². The molecule has 6 nitrogen and oxygen atoms in total. The molecule has 0 unspecified atom stereocenters. The number of benzene rings is 1. The van der Waals surface area contributed by atoms with Crippen LogP contribution < -0.4 is 4.90 Å². The van der Waals surface area contributed by atoms with E-state index in [4.69, 9.17) is 16.3 Å². The highest BCUT2D eigenvalue weighted by Gasteiger charge is 2.28. The van der Waals surface area contributed by atoms with Gasteiger partial charge in [0.1, 0.15) is 17.1 Å². The van der Waals surface area contributed by atoms with Crippen molar-refractivity contribution in [1.82, 2.24) is 14.6 Å². The Balaban J connectivity index is 2.25. The van der Waals surface area contributed by atoms with Crippen LogP contribution in [0.4, 0.5) is 20.6 Å². The van der Waals surface area contributed by atoms with E-state index in [0.717, 1.165) is 5.69 Å². The summed E-state index contributed by atoms with van der Waals surface area (Å²) >= 11 is 6.25. The van der Waals surface area contributed by atoms with Crippen LogP contribution in [0.25, 0.3) is 5.65 Å². The number of hydrogen-bond donors (Lipinski definition) is 0. The molecule has 0 atom stereocenters. The summed E-state index contributed by atoms with van der Waals surface area (Å²) in [5.41, 5.74) is 1.17. The summed E-state index contributed by atoms with van der Waals surface area (Å²) in [6, 6.07) is 7.21. The molecule has 0 radical (unpaired) electrons. The Morgan fingerprint density at radius 2 is 2.00 bits per heavy atom. The zero-order chi connectivity index (χ0) is 20.6. The monoisotopic (exact) mass is 404 g/mol. The summed E-state index contributed by atoms with van der Waals surface area (Å²) in [6.45, 7) is 9.29. The number of rotatable bonds is 3. The van der Waals surface area contributed by atoms with Crippen LogP contribution in [0, 0.1) is 5.82 Å². The molecule has 28 heavy (non-hydrogen) atoms. The standard InChI is InChI=1S/C20H22ClFN4O2/c1-12(2)16-11-23-18-15(10-17(21)24-26(16)18)25(19(27)28-20(3,4)5)14-8-6-7-13(22)9-14/h6-12H,1-5H3. The molecule has 0 aliphatic rings. The summed E-state index contributed by atoms with van der Waals surface area (Å²) in [5.74, 6) is -0.341. The number of ether oxygens (including phenoxy) is 1. The van der Waals surface area contributed by atoms with Crippen LogP contribution in [0.2, 0.25) is 5.15 Å². The predicted octanol–water partition coefficient (Wildman–Crippen LogP) is 5.72. The molecule has 1 amide bonds. The molecular formula is C20H22ClFN4O2. The Kier molecular flexibility index (Phi) is 5.30. The van der Waals surface area contributed by atoms with Gasteiger partial charge < -0.3 is 4.74 Å². The maximum Gasteiger partial charge on any atom is 0.419 e. The van der Waals surface area contributed by atoms with Crippen LogP contribution >= 0.6 is 11.6 Å². The molecular weight excluding hydrogens is 383 g/mol. The van der Waals surface area contributed by atoms with E-state index >= 15 is 0 Å². The Bertz CT molecular complexity index is 1030. The van der Waals surface area contributed by atoms with Gasteiger partial charge >= 0.3 is 6.09 Å². The maximum atomic E-state index is 13.9. The average Bonchev–Trinajstić information content (AvgIpc) is 2.97. The van der Waals surface area contributed by atoms with Gasteiger partial charge in [0.05, 0.1) is 17.6 Å². The van der Waals surface area contributed by atoms with Crippen LogP contribution in [-0.4, -0.2) is 26.3 Å². The van der Waals surface area contributed by atoms with E-state index in [0.29, 0.717) is 17.0 Å². The van der Waals surface area contributed by atoms with Gasteiger partial charge in [-0.1, -0.05) is 31.5 Å². The Morgan fingerprint density at radius 3 is 2.61 bits per heavy atom. The molecule has 0 saturated heterocycles. The van der Waals surface area contributed by atoms with Gasteiger partial charge in [-0.25, -0.2) is 23.6 Å². The second-order valence-electron chi connectivity index (χ2n) is 7.72. The maximum absolute atomic E-state index is 13.9. The highest BCUT2D eigenvalue weighted by Crippen LogP contribution is 2.33. The first-order valence-electron chi connectivity index (χ1n) is 8.89. The molecule has 0 bridgehead atoms. The predicted molar refractivity (Wildman–Crippen MR) is 107 cm³/mol. The number of aromatic nitrogens is 3. The zero-order valence-corrected chi connectivity index (χ0v) is 17.2. The fraction of sp³-hybridized carbons (Fsp3) is 0.350. The minimum atomic E-state index is -0.742. The lowest BCUT2D eigenvalue weighted by Gasteiger charge is -2.27. The van der Waals surface area contributed by atoms with Gasteiger partial charge in [0.25, 0.3) is 0 Å². The first kappa shape index (κ1) is 20.1. The molecule has 0 fully saturated rings. The summed E-state index contributed by atoms with van der Waals surface area (Å²) in [4.78, 5) is 18.7. The van der Waals surface area contributed by atoms with Gasteiger partial charge in [0, 0.05) is 6.07 Å². The molecule has 3 aromatic rings. The summed E-state index contributed by atoms with van der Waals surface area (Å²) in [7, 11) is 0. The van der Waals surface area contributed by atoms with Gasteiger partial charge in [-0.05, 0) is 44.9 Å². The van der Waals surface area contributed by atoms with Gasteiger partial charge in [0.15, 0.2) is 10.8 Å². The molecule has 0 N–H and O–H groups in total. The number of fused-ring (bicyclic) bond motifs is 1. The van der Waals surface area contributed by atoms with Crippen molar-refractivity contribution < 1.29 is 13.9 Å². The third kappa shape index (κ3) is 4.09. The molecule has 148 valence electrons. The Morgan fingerprint density at radius 1 is 1.29 bits per heavy atom. The molecule has 2 aromatic heterocycles. The lowest BCUT2D eigenvalue weighted by Crippen LogP contribution is -2.34. The molecule has 0 spiro atoms. The fourth-order valence-electron chi connectivity index (χ4n) is 2.76. The number of carbonyl (C=O) groups excluding carboxylic acids is 1. The molecule has 0 saturated carbocycles. The minimum Gasteiger partial charge on any atom is -0.443 e. The van der Waals surface area contributed by atoms with Crippen molar-refractivity contribution in [3.63, 3.8) is 0 Å². The molecule has 3 rings (SSSR count). The van der Waals surface area contributed by atoms with Crippen molar-refractivity contribution in [2.75, 3.05) is 4.90 Å². The number of carbonyl (C=O) groups is 1. The Hall–Kier alpha value is -2.67. The van der Waals surface area contributed by atoms with Crippen LogP contribution in [0.15, 0.2) is 36.5 Å². The molecule has 8 heteroatoms. The second-order valence-corrected chi connectivity index (χ2v) is 8.11. The van der Waals surface area contributed by atoms with E-state index in [-0.39, 0.29) is 11.1 Å². The van der Waals surface area contributed by atoms with E-state index in [1.165, 1.54) is 29.2 Å². The zero-order valence-electron chi connectivity index (χ0n) is 16.4. The number of imidazole rings is 1. The van der Waals surface area contributed by atoms with E-state index in [9.17, 15) is 9.18 Å². The van der Waals surface area contributed by atoms with E-state index in [1.54, 1.807) is 37.5 Å². The third-order valence-corrected chi connectivity index (χ3v) is 4.10. The average molecular weight is 405 g/mol. The minimum absolute atomic E-state index is 0.137. The normalized spacial score (nSPS) is 11.9. The second kappa shape index (κ2) is 7.39. The Labute approximate surface area is 167 Å². The molecule has 2 heterocycles. The lowest BCUT2D eigenvalue weighted by atomic mass is 10.1. The van der Waals surface area contributed by atoms with Crippen LogP contribution in [0.3, 0.4) is 0 Å². The first-order chi connectivity index (χ1) is 13.1. The van der Waals surface area contributed by atoms with Crippen molar-refractivity contribution in [3.8, 4) is 0 Å². The number of amides is 1. The quantitative estimate of drug-likeness (QED) is 0.560. The molecule has 0 aliphatic heterocycles. The highest BCUT2D eigenvalue weighted by atomic mass is 35.5. The number of anilines is 2. The third-order valence-electron chi connectivity index (χ3n) is 3.92. The van der Waals surface area contributed by atoms with Crippen molar-refractivity contribution in [2.45, 2.75) is 46.1 Å². The largest absolute Gasteiger partial charge is 0.443 e. The van der Waals surface area contributed by atoms with E-state index in [2.05, 4.69) is 10.1 Å². The highest BCUT2D eigenvalue weighted by molar-refractivity contribution is 6.29. The molecule has 0 aliphatic carbocycles. The molecule has 1 aromatic carbocycles. The summed E-state index contributed by atoms with van der Waals surface area (Å²) in [5, 5.41) is 4.49. The lowest BCUT2D eigenvalue weighted by molar-refractivity contribution is 0.0599. The summed E-state index contributed by atoms with van der Waals surface area (Å²) < 4.78 is 21.1. The first-order valence-corrected chi connectivity index (χ1v) is 9.27. The van der Waals surface area contributed by atoms with Crippen molar-refractivity contribution in [2.24, 2.45) is 0 Å². The van der Waals surface area contributed by atoms with Crippen LogP contribution in [0.5, 0.6) is 0 Å². The number of nitrogens with zero attached hydrogens (tertiary/aromatic N) is 4. The number of halogens is 2. The van der Waals surface area contributed by atoms with Crippen molar-refractivity contribution in [3.05, 3.63) is 53.2 Å². The smallest absolute Gasteiger partial charge is 0.419 e. The van der Waals surface area contributed by atoms with E-state index in [1.807, 2.05) is 13.8 Å². The SMILES string of the molecule is CC(C)c1cnc2c(N(C(=O)OC(C)(C)C)c3cccc(F)c3)cc(Cl)nn12. The van der Waals surface area contributed by atoms with Crippen molar-refractivity contribution in [1.29, 1.82) is 0 Å². The number of hydrogen-bond acceptors (Lipinski definition) is 4. The van der Waals surface area contributed by atoms with Gasteiger partial charge in [-0.3, -0.25) is 0 Å². The van der Waals surface area contributed by atoms with Gasteiger partial charge in [-0.2, -0.15) is 5.10 Å². The van der Waals surface area contributed by atoms with E-state index < -0.39 is 17.5 Å². The van der Waals surface area contributed by atoms with Gasteiger partial charge in [0.2, 0.25) is 0 Å². The topological polar surface area (TPSA) is 59.7 Å². The summed E-state index contributed by atoms with van der Waals surface area (Å²) in [6.07, 6.45) is 1.02. The van der Waals surface area contributed by atoms with Crippen molar-refractivity contribution >= 4 is 34.7 Å². The van der Waals surface area contributed by atoms with Gasteiger partial charge in [-0.15, -0.1) is 0 Å². The van der Waals surface area contributed by atoms with Crippen LogP contribution in [-0.2, 0) is 4.74 Å². The fourth-order valence-corrected chi connectivity index (χ4v) is 2.94.